The van der Waals surface area contributed by atoms with Crippen LogP contribution in [0, 0.1) is 0 Å². The van der Waals surface area contributed by atoms with Crippen molar-refractivity contribution in [1.82, 2.24) is 24.3 Å². The molecule has 86 valence electrons. The van der Waals surface area contributed by atoms with Crippen molar-refractivity contribution in [2.45, 2.75) is 26.4 Å². The lowest BCUT2D eigenvalue weighted by atomic mass is 10.4. The van der Waals surface area contributed by atoms with Crippen molar-refractivity contribution in [2.75, 3.05) is 6.54 Å². The van der Waals surface area contributed by atoms with Gasteiger partial charge in [0.2, 0.25) is 0 Å². The molecule has 0 amide bonds. The molecule has 0 aromatic carbocycles. The van der Waals surface area contributed by atoms with Crippen LogP contribution in [0.3, 0.4) is 0 Å². The Kier molecular flexibility index (Phi) is 3.31. The minimum atomic E-state index is 0.609. The number of nitrogens with two attached hydrogens (primary N) is 1. The van der Waals surface area contributed by atoms with Crippen LogP contribution in [-0.4, -0.2) is 30.9 Å². The highest BCUT2D eigenvalue weighted by Crippen LogP contribution is 2.03. The molecule has 0 saturated carbocycles. The van der Waals surface area contributed by atoms with Crippen LogP contribution in [0.1, 0.15) is 18.6 Å². The van der Waals surface area contributed by atoms with E-state index in [0.717, 1.165) is 24.6 Å². The molecule has 2 rings (SSSR count). The van der Waals surface area contributed by atoms with Crippen LogP contribution in [0.2, 0.25) is 0 Å². The van der Waals surface area contributed by atoms with Gasteiger partial charge in [-0.1, -0.05) is 0 Å². The Labute approximate surface area is 94.1 Å². The van der Waals surface area contributed by atoms with E-state index in [0.29, 0.717) is 13.1 Å². The minimum absolute atomic E-state index is 0.609. The maximum Gasteiger partial charge on any atom is 0.146 e. The Bertz CT molecular complexity index is 444. The van der Waals surface area contributed by atoms with Crippen LogP contribution in [0.15, 0.2) is 18.7 Å². The predicted molar refractivity (Wildman–Crippen MR) is 59.8 cm³/mol. The fraction of sp³-hybridized carbons (Fsp3) is 0.500. The normalized spacial score (nSPS) is 10.9. The van der Waals surface area contributed by atoms with Gasteiger partial charge >= 0.3 is 0 Å². The van der Waals surface area contributed by atoms with E-state index in [9.17, 15) is 0 Å². The summed E-state index contributed by atoms with van der Waals surface area (Å²) >= 11 is 0. The molecule has 2 heterocycles. The van der Waals surface area contributed by atoms with Gasteiger partial charge in [0.15, 0.2) is 0 Å². The third kappa shape index (κ3) is 2.11. The van der Waals surface area contributed by atoms with E-state index in [4.69, 9.17) is 5.73 Å². The number of aryl methyl sites for hydroxylation is 1. The van der Waals surface area contributed by atoms with Gasteiger partial charge in [-0.3, -0.25) is 0 Å². The number of hydrogen-bond acceptors (Lipinski definition) is 4. The van der Waals surface area contributed by atoms with Crippen molar-refractivity contribution in [2.24, 2.45) is 5.73 Å². The molecule has 0 saturated heterocycles. The first-order chi connectivity index (χ1) is 7.85. The number of nitrogens with zero attached hydrogens (tertiary/aromatic N) is 5. The molecule has 6 heteroatoms. The van der Waals surface area contributed by atoms with Crippen molar-refractivity contribution < 1.29 is 0 Å². The molecule has 0 aliphatic rings. The highest BCUT2D eigenvalue weighted by Gasteiger charge is 2.06. The van der Waals surface area contributed by atoms with Gasteiger partial charge < -0.3 is 10.3 Å². The van der Waals surface area contributed by atoms with E-state index in [1.165, 1.54) is 0 Å². The summed E-state index contributed by atoms with van der Waals surface area (Å²) in [4.78, 5) is 8.50. The molecule has 6 nitrogen and oxygen atoms in total. The second-order valence-corrected chi connectivity index (χ2v) is 3.50. The number of imidazole rings is 1. The van der Waals surface area contributed by atoms with E-state index in [1.54, 1.807) is 12.5 Å². The summed E-state index contributed by atoms with van der Waals surface area (Å²) < 4.78 is 3.94. The van der Waals surface area contributed by atoms with E-state index >= 15 is 0 Å². The van der Waals surface area contributed by atoms with Gasteiger partial charge in [-0.2, -0.15) is 5.10 Å². The molecule has 0 unspecified atom stereocenters. The molecule has 0 radical (unpaired) electrons. The summed E-state index contributed by atoms with van der Waals surface area (Å²) in [6.07, 6.45) is 6.10. The van der Waals surface area contributed by atoms with Crippen LogP contribution in [-0.2, 0) is 19.5 Å². The summed E-state index contributed by atoms with van der Waals surface area (Å²) in [6, 6.07) is 0. The van der Waals surface area contributed by atoms with Crippen molar-refractivity contribution in [1.29, 1.82) is 0 Å². The Morgan fingerprint density at radius 1 is 1.31 bits per heavy atom. The third-order valence-electron chi connectivity index (χ3n) is 2.48. The maximum absolute atomic E-state index is 5.53. The van der Waals surface area contributed by atoms with Gasteiger partial charge in [0, 0.05) is 25.4 Å². The molecule has 0 atom stereocenters. The summed E-state index contributed by atoms with van der Waals surface area (Å²) in [6.45, 7) is 4.18. The van der Waals surface area contributed by atoms with Crippen molar-refractivity contribution >= 4 is 0 Å². The summed E-state index contributed by atoms with van der Waals surface area (Å²) in [5.74, 6) is 1.94. The first kappa shape index (κ1) is 10.8. The third-order valence-corrected chi connectivity index (χ3v) is 2.48. The molecule has 0 aliphatic carbocycles. The Hall–Kier alpha value is -1.69. The number of aromatic nitrogens is 5. The van der Waals surface area contributed by atoms with Crippen molar-refractivity contribution in [3.05, 3.63) is 30.4 Å². The lowest BCUT2D eigenvalue weighted by Crippen LogP contribution is -2.13. The van der Waals surface area contributed by atoms with Crippen LogP contribution < -0.4 is 5.73 Å². The molecule has 0 aliphatic heterocycles. The first-order valence-corrected chi connectivity index (χ1v) is 5.42. The second kappa shape index (κ2) is 4.89. The quantitative estimate of drug-likeness (QED) is 0.772. The molecule has 0 fully saturated rings. The average molecular weight is 220 g/mol. The van der Waals surface area contributed by atoms with Crippen molar-refractivity contribution in [3.8, 4) is 0 Å². The Morgan fingerprint density at radius 3 is 2.94 bits per heavy atom. The number of hydrogen-bond donors (Lipinski definition) is 1. The smallest absolute Gasteiger partial charge is 0.146 e. The van der Waals surface area contributed by atoms with Crippen LogP contribution in [0.25, 0.3) is 0 Å². The highest BCUT2D eigenvalue weighted by atomic mass is 15.3. The fourth-order valence-electron chi connectivity index (χ4n) is 1.67. The molecular formula is C10H16N6. The highest BCUT2D eigenvalue weighted by molar-refractivity contribution is 4.97. The average Bonchev–Trinajstić information content (AvgIpc) is 2.89. The zero-order valence-corrected chi connectivity index (χ0v) is 9.37. The molecule has 0 spiro atoms. The van der Waals surface area contributed by atoms with Gasteiger partial charge in [-0.05, 0) is 13.5 Å². The summed E-state index contributed by atoms with van der Waals surface area (Å²) in [5.41, 5.74) is 5.53. The topological polar surface area (TPSA) is 74.5 Å². The van der Waals surface area contributed by atoms with Crippen LogP contribution in [0.5, 0.6) is 0 Å². The van der Waals surface area contributed by atoms with E-state index < -0.39 is 0 Å². The van der Waals surface area contributed by atoms with Crippen LogP contribution >= 0.6 is 0 Å². The first-order valence-electron chi connectivity index (χ1n) is 5.42. The SMILES string of the molecule is CCn1ncnc1Cn1ccnc1CCN. The zero-order chi connectivity index (χ0) is 11.4. The summed E-state index contributed by atoms with van der Waals surface area (Å²) in [5, 5.41) is 4.14. The van der Waals surface area contributed by atoms with E-state index in [-0.39, 0.29) is 0 Å². The Morgan fingerprint density at radius 2 is 2.19 bits per heavy atom. The largest absolute Gasteiger partial charge is 0.330 e. The predicted octanol–water partition coefficient (Wildman–Crippen LogP) is 0.0440. The fourth-order valence-corrected chi connectivity index (χ4v) is 1.67. The van der Waals surface area contributed by atoms with Gasteiger partial charge in [0.1, 0.15) is 18.0 Å². The van der Waals surface area contributed by atoms with Gasteiger partial charge in [0.05, 0.1) is 6.54 Å². The maximum atomic E-state index is 5.53. The Balaban J connectivity index is 2.17. The molecule has 0 bridgehead atoms. The lowest BCUT2D eigenvalue weighted by molar-refractivity contribution is 0.582. The molecule has 2 aromatic rings. The standard InChI is InChI=1S/C10H16N6/c1-2-16-10(13-8-14-16)7-15-6-5-12-9(15)3-4-11/h5-6,8H,2-4,7,11H2,1H3. The van der Waals surface area contributed by atoms with E-state index in [1.807, 2.05) is 17.8 Å². The van der Waals surface area contributed by atoms with Crippen LogP contribution in [0.4, 0.5) is 0 Å². The molecular weight excluding hydrogens is 204 g/mol. The zero-order valence-electron chi connectivity index (χ0n) is 9.37. The van der Waals surface area contributed by atoms with Crippen molar-refractivity contribution in [3.63, 3.8) is 0 Å². The van der Waals surface area contributed by atoms with Gasteiger partial charge in [-0.15, -0.1) is 0 Å². The van der Waals surface area contributed by atoms with E-state index in [2.05, 4.69) is 19.6 Å². The number of rotatable bonds is 5. The molecule has 2 N–H and O–H groups in total. The summed E-state index contributed by atoms with van der Waals surface area (Å²) in [7, 11) is 0. The second-order valence-electron chi connectivity index (χ2n) is 3.50. The van der Waals surface area contributed by atoms with Gasteiger partial charge in [0.25, 0.3) is 0 Å². The monoisotopic (exact) mass is 220 g/mol. The lowest BCUT2D eigenvalue weighted by Gasteiger charge is -2.07. The molecule has 2 aromatic heterocycles. The molecule has 16 heavy (non-hydrogen) atoms. The van der Waals surface area contributed by atoms with Gasteiger partial charge in [-0.25, -0.2) is 14.6 Å². The minimum Gasteiger partial charge on any atom is -0.330 e.